The molecular weight excluding hydrogens is 292 g/mol. The Labute approximate surface area is 117 Å². The lowest BCUT2D eigenvalue weighted by molar-refractivity contribution is 0.333. The van der Waals surface area contributed by atoms with Gasteiger partial charge in [0, 0.05) is 6.61 Å². The van der Waals surface area contributed by atoms with Crippen LogP contribution in [0.15, 0.2) is 0 Å². The Kier molecular flexibility index (Phi) is 12.2. The molecule has 0 atom stereocenters. The summed E-state index contributed by atoms with van der Waals surface area (Å²) in [5, 5.41) is 0. The van der Waals surface area contributed by atoms with Crippen molar-refractivity contribution in [2.75, 3.05) is 6.61 Å². The summed E-state index contributed by atoms with van der Waals surface area (Å²) in [5.41, 5.74) is 0. The Morgan fingerprint density at radius 1 is 0.765 bits per heavy atom. The highest BCUT2D eigenvalue weighted by Crippen LogP contribution is 2.29. The van der Waals surface area contributed by atoms with E-state index in [1.54, 1.807) is 0 Å². The summed E-state index contributed by atoms with van der Waals surface area (Å²) < 4.78 is 6.05. The van der Waals surface area contributed by atoms with Crippen molar-refractivity contribution in [2.45, 2.75) is 84.2 Å². The first-order chi connectivity index (χ1) is 8.18. The van der Waals surface area contributed by atoms with Gasteiger partial charge in [-0.2, -0.15) is 0 Å². The van der Waals surface area contributed by atoms with Crippen molar-refractivity contribution in [3.05, 3.63) is 0 Å². The smallest absolute Gasteiger partial charge is 0.263 e. The maximum Gasteiger partial charge on any atom is 0.263 e. The average molecular weight is 323 g/mol. The van der Waals surface area contributed by atoms with Crippen LogP contribution in [0.5, 0.6) is 0 Å². The van der Waals surface area contributed by atoms with Gasteiger partial charge in [0.2, 0.25) is 0 Å². The van der Waals surface area contributed by atoms with Gasteiger partial charge in [-0.15, -0.1) is 0 Å². The Hall–Kier alpha value is 0.657. The molecule has 104 valence electrons. The zero-order chi connectivity index (χ0) is 13.0. The van der Waals surface area contributed by atoms with Crippen molar-refractivity contribution in [3.63, 3.8) is 0 Å². The first kappa shape index (κ1) is 17.7. The van der Waals surface area contributed by atoms with Crippen LogP contribution in [-0.2, 0) is 4.43 Å². The third-order valence-corrected chi connectivity index (χ3v) is 9.28. The first-order valence-corrected chi connectivity index (χ1v) is 12.1. The molecule has 0 radical (unpaired) electrons. The molecule has 0 aliphatic rings. The zero-order valence-electron chi connectivity index (χ0n) is 12.1. The van der Waals surface area contributed by atoms with E-state index in [1.165, 1.54) is 63.5 Å². The molecule has 0 saturated carbocycles. The number of unbranched alkanes of at least 4 members (excludes halogenated alkanes) is 6. The second-order valence-corrected chi connectivity index (χ2v) is 12.3. The number of rotatable bonds is 12. The van der Waals surface area contributed by atoms with Gasteiger partial charge in [0.05, 0.1) is 0 Å². The number of hydrogen-bond acceptors (Lipinski definition) is 1. The van der Waals surface area contributed by atoms with E-state index >= 15 is 0 Å². The van der Waals surface area contributed by atoms with Crippen LogP contribution in [0.4, 0.5) is 0 Å². The number of halogens is 1. The molecule has 0 unspecified atom stereocenters. The molecule has 17 heavy (non-hydrogen) atoms. The van der Waals surface area contributed by atoms with Crippen molar-refractivity contribution < 1.29 is 4.43 Å². The van der Waals surface area contributed by atoms with Gasteiger partial charge >= 0.3 is 0 Å². The quantitative estimate of drug-likeness (QED) is 0.242. The maximum atomic E-state index is 6.05. The molecule has 0 spiro atoms. The standard InChI is InChI=1S/C14H31BrOSi/c1-4-7-9-11-13-17(15,16-6-3)14-12-10-8-5-2/h4-14H2,1-3H3. The van der Waals surface area contributed by atoms with Crippen LogP contribution >= 0.6 is 15.3 Å². The Balaban J connectivity index is 3.80. The summed E-state index contributed by atoms with van der Waals surface area (Å²) in [5.74, 6) is 0. The molecule has 0 aromatic rings. The van der Waals surface area contributed by atoms with Crippen LogP contribution in [0, 0.1) is 0 Å². The summed E-state index contributed by atoms with van der Waals surface area (Å²) in [4.78, 5) is 0. The molecule has 0 saturated heterocycles. The molecular formula is C14H31BrOSi. The van der Waals surface area contributed by atoms with Crippen LogP contribution in [0.2, 0.25) is 12.1 Å². The second-order valence-electron chi connectivity index (χ2n) is 4.94. The fourth-order valence-electron chi connectivity index (χ4n) is 2.16. The van der Waals surface area contributed by atoms with E-state index in [-0.39, 0.29) is 0 Å². The summed E-state index contributed by atoms with van der Waals surface area (Å²) in [6.45, 7) is 6.00. The predicted octanol–water partition coefficient (Wildman–Crippen LogP) is 6.02. The first-order valence-electron chi connectivity index (χ1n) is 7.51. The summed E-state index contributed by atoms with van der Waals surface area (Å²) in [6.07, 6.45) is 10.8. The SMILES string of the molecule is CCCCCC[Si](Br)(CCCCCC)OCC. The Bertz CT molecular complexity index is 152. The zero-order valence-corrected chi connectivity index (χ0v) is 14.7. The molecule has 0 aromatic heterocycles. The molecule has 0 heterocycles. The molecule has 0 bridgehead atoms. The van der Waals surface area contributed by atoms with Crippen molar-refractivity contribution in [3.8, 4) is 0 Å². The van der Waals surface area contributed by atoms with Gasteiger partial charge in [0.1, 0.15) is 0 Å². The van der Waals surface area contributed by atoms with Gasteiger partial charge in [-0.3, -0.25) is 0 Å². The van der Waals surface area contributed by atoms with Gasteiger partial charge in [0.15, 0.2) is 0 Å². The van der Waals surface area contributed by atoms with E-state index in [0.29, 0.717) is 0 Å². The van der Waals surface area contributed by atoms with Crippen molar-refractivity contribution in [1.82, 2.24) is 0 Å². The van der Waals surface area contributed by atoms with Gasteiger partial charge in [0.25, 0.3) is 6.94 Å². The summed E-state index contributed by atoms with van der Waals surface area (Å²) in [7, 11) is 0. The van der Waals surface area contributed by atoms with E-state index in [0.717, 1.165) is 6.61 Å². The van der Waals surface area contributed by atoms with Crippen LogP contribution in [0.3, 0.4) is 0 Å². The molecule has 0 amide bonds. The normalized spacial score (nSPS) is 12.0. The highest BCUT2D eigenvalue weighted by atomic mass is 79.9. The molecule has 0 aliphatic heterocycles. The van der Waals surface area contributed by atoms with Crippen molar-refractivity contribution in [1.29, 1.82) is 0 Å². The second kappa shape index (κ2) is 11.7. The van der Waals surface area contributed by atoms with E-state index in [4.69, 9.17) is 4.43 Å². The maximum absolute atomic E-state index is 6.05. The fourth-order valence-corrected chi connectivity index (χ4v) is 7.14. The minimum Gasteiger partial charge on any atom is -0.407 e. The van der Waals surface area contributed by atoms with Crippen LogP contribution in [0.25, 0.3) is 0 Å². The summed E-state index contributed by atoms with van der Waals surface area (Å²) >= 11 is 3.97. The third-order valence-electron chi connectivity index (χ3n) is 3.21. The van der Waals surface area contributed by atoms with Crippen LogP contribution in [0.1, 0.15) is 72.1 Å². The van der Waals surface area contributed by atoms with Crippen LogP contribution in [-0.4, -0.2) is 13.5 Å². The molecule has 0 rings (SSSR count). The van der Waals surface area contributed by atoms with E-state index in [1.807, 2.05) is 0 Å². The van der Waals surface area contributed by atoms with E-state index in [9.17, 15) is 0 Å². The fraction of sp³-hybridized carbons (Fsp3) is 1.00. The Morgan fingerprint density at radius 3 is 1.59 bits per heavy atom. The molecule has 0 aliphatic carbocycles. The largest absolute Gasteiger partial charge is 0.407 e. The highest BCUT2D eigenvalue weighted by molar-refractivity contribution is 9.25. The van der Waals surface area contributed by atoms with Gasteiger partial charge in [-0.1, -0.05) is 80.5 Å². The number of hydrogen-bond donors (Lipinski definition) is 0. The monoisotopic (exact) mass is 322 g/mol. The van der Waals surface area contributed by atoms with Crippen LogP contribution < -0.4 is 0 Å². The van der Waals surface area contributed by atoms with E-state index < -0.39 is 6.94 Å². The Morgan fingerprint density at radius 2 is 1.24 bits per heavy atom. The highest BCUT2D eigenvalue weighted by Gasteiger charge is 2.30. The topological polar surface area (TPSA) is 9.23 Å². The molecule has 0 fully saturated rings. The lowest BCUT2D eigenvalue weighted by atomic mass is 10.2. The van der Waals surface area contributed by atoms with Gasteiger partial charge in [-0.05, 0) is 19.0 Å². The molecule has 1 nitrogen and oxygen atoms in total. The third kappa shape index (κ3) is 10.3. The predicted molar refractivity (Wildman–Crippen MR) is 84.2 cm³/mol. The van der Waals surface area contributed by atoms with Gasteiger partial charge in [-0.25, -0.2) is 0 Å². The lowest BCUT2D eigenvalue weighted by Gasteiger charge is -2.24. The van der Waals surface area contributed by atoms with Crippen molar-refractivity contribution in [2.24, 2.45) is 0 Å². The van der Waals surface area contributed by atoms with E-state index in [2.05, 4.69) is 36.1 Å². The molecule has 3 heteroatoms. The minimum absolute atomic E-state index is 0.874. The molecule has 0 aromatic carbocycles. The molecule has 0 N–H and O–H groups in total. The lowest BCUT2D eigenvalue weighted by Crippen LogP contribution is -2.30. The van der Waals surface area contributed by atoms with Gasteiger partial charge < -0.3 is 4.43 Å². The summed E-state index contributed by atoms with van der Waals surface area (Å²) in [6, 6.07) is 2.60. The minimum atomic E-state index is -1.54. The average Bonchev–Trinajstić information content (AvgIpc) is 2.31. The van der Waals surface area contributed by atoms with Crippen molar-refractivity contribution >= 4 is 22.2 Å².